The molecule has 1 heterocycles. The van der Waals surface area contributed by atoms with E-state index in [-0.39, 0.29) is 11.9 Å². The Balaban J connectivity index is 1.45. The van der Waals surface area contributed by atoms with Crippen molar-refractivity contribution in [2.24, 2.45) is 11.8 Å². The molecule has 32 heavy (non-hydrogen) atoms. The van der Waals surface area contributed by atoms with E-state index in [9.17, 15) is 4.79 Å². The molecule has 1 aliphatic carbocycles. The molecule has 0 spiro atoms. The zero-order valence-electron chi connectivity index (χ0n) is 20.2. The zero-order chi connectivity index (χ0) is 22.6. The Bertz CT molecular complexity index is 789. The van der Waals surface area contributed by atoms with Crippen LogP contribution in [0.4, 0.5) is 0 Å². The number of esters is 1. The van der Waals surface area contributed by atoms with Gasteiger partial charge in [-0.2, -0.15) is 0 Å². The maximum absolute atomic E-state index is 12.6. The van der Waals surface area contributed by atoms with E-state index in [1.807, 2.05) is 30.5 Å². The lowest BCUT2D eigenvalue weighted by Crippen LogP contribution is -2.25. The molecule has 0 atom stereocenters. The van der Waals surface area contributed by atoms with Crippen molar-refractivity contribution in [1.29, 1.82) is 0 Å². The Hall–Kier alpha value is -2.16. The third kappa shape index (κ3) is 7.76. The first-order valence-corrected chi connectivity index (χ1v) is 13.0. The van der Waals surface area contributed by atoms with Crippen LogP contribution in [0.25, 0.3) is 11.3 Å². The van der Waals surface area contributed by atoms with Crippen molar-refractivity contribution in [1.82, 2.24) is 4.98 Å². The lowest BCUT2D eigenvalue weighted by Gasteiger charge is -2.27. The van der Waals surface area contributed by atoms with Gasteiger partial charge in [-0.25, -0.2) is 0 Å². The molecule has 0 aliphatic heterocycles. The standard InChI is InChI=1S/C29H41NO2/c1-3-5-7-9-11-24-14-21-28(30-22-24)25-17-19-27(20-18-25)32-29(31)26-15-12-23(13-16-26)10-8-6-4-2/h14,17-23,26H,3-13,15-16H2,1-2H3/t23-,26-. The third-order valence-electron chi connectivity index (χ3n) is 6.91. The van der Waals surface area contributed by atoms with Gasteiger partial charge >= 0.3 is 5.97 Å². The molecule has 0 saturated heterocycles. The van der Waals surface area contributed by atoms with Crippen molar-refractivity contribution in [3.63, 3.8) is 0 Å². The van der Waals surface area contributed by atoms with E-state index >= 15 is 0 Å². The molecule has 0 radical (unpaired) electrons. The number of ether oxygens (including phenoxy) is 1. The van der Waals surface area contributed by atoms with Crippen LogP contribution in [0.5, 0.6) is 5.75 Å². The number of rotatable bonds is 12. The molecule has 0 bridgehead atoms. The second-order valence-electron chi connectivity index (χ2n) is 9.52. The van der Waals surface area contributed by atoms with E-state index < -0.39 is 0 Å². The molecule has 0 N–H and O–H groups in total. The highest BCUT2D eigenvalue weighted by molar-refractivity contribution is 5.75. The van der Waals surface area contributed by atoms with Crippen LogP contribution in [-0.4, -0.2) is 11.0 Å². The number of aromatic nitrogens is 1. The fraction of sp³-hybridized carbons (Fsp3) is 0.586. The lowest BCUT2D eigenvalue weighted by atomic mass is 9.80. The summed E-state index contributed by atoms with van der Waals surface area (Å²) in [5, 5.41) is 0. The van der Waals surface area contributed by atoms with Gasteiger partial charge in [0.2, 0.25) is 0 Å². The lowest BCUT2D eigenvalue weighted by molar-refractivity contribution is -0.140. The molecule has 0 unspecified atom stereocenters. The summed E-state index contributed by atoms with van der Waals surface area (Å²) in [5.74, 6) is 1.44. The molecule has 1 fully saturated rings. The molecule has 1 saturated carbocycles. The van der Waals surface area contributed by atoms with Gasteiger partial charge in [-0.1, -0.05) is 64.9 Å². The Labute approximate surface area is 195 Å². The fourth-order valence-corrected chi connectivity index (χ4v) is 4.76. The highest BCUT2D eigenvalue weighted by Crippen LogP contribution is 2.33. The van der Waals surface area contributed by atoms with Gasteiger partial charge in [-0.15, -0.1) is 0 Å². The molecule has 174 valence electrons. The van der Waals surface area contributed by atoms with Crippen LogP contribution >= 0.6 is 0 Å². The van der Waals surface area contributed by atoms with Crippen molar-refractivity contribution < 1.29 is 9.53 Å². The Morgan fingerprint density at radius 2 is 1.59 bits per heavy atom. The van der Waals surface area contributed by atoms with Crippen LogP contribution in [0.1, 0.15) is 96.5 Å². The number of hydrogen-bond donors (Lipinski definition) is 0. The SMILES string of the molecule is CCCCCCc1ccc(-c2ccc(OC(=O)[C@H]3CC[C@H](CCCCC)CC3)cc2)nc1. The van der Waals surface area contributed by atoms with E-state index in [0.717, 1.165) is 36.4 Å². The highest BCUT2D eigenvalue weighted by atomic mass is 16.5. The normalized spacial score (nSPS) is 18.4. The summed E-state index contributed by atoms with van der Waals surface area (Å²) in [7, 11) is 0. The second kappa shape index (κ2) is 13.4. The van der Waals surface area contributed by atoms with E-state index in [1.165, 1.54) is 69.8 Å². The van der Waals surface area contributed by atoms with Crippen LogP contribution in [0.3, 0.4) is 0 Å². The minimum Gasteiger partial charge on any atom is -0.426 e. The molecule has 3 nitrogen and oxygen atoms in total. The number of carbonyl (C=O) groups excluding carboxylic acids is 1. The Kier molecular flexibility index (Phi) is 10.3. The van der Waals surface area contributed by atoms with Gasteiger partial charge in [0.1, 0.15) is 5.75 Å². The third-order valence-corrected chi connectivity index (χ3v) is 6.91. The molecule has 0 amide bonds. The molecule has 3 rings (SSSR count). The smallest absolute Gasteiger partial charge is 0.314 e. The van der Waals surface area contributed by atoms with Crippen LogP contribution < -0.4 is 4.74 Å². The predicted molar refractivity (Wildman–Crippen MR) is 133 cm³/mol. The minimum atomic E-state index is -0.0599. The highest BCUT2D eigenvalue weighted by Gasteiger charge is 2.27. The first-order valence-electron chi connectivity index (χ1n) is 13.0. The van der Waals surface area contributed by atoms with E-state index in [4.69, 9.17) is 4.74 Å². The summed E-state index contributed by atoms with van der Waals surface area (Å²) >= 11 is 0. The average molecular weight is 436 g/mol. The Morgan fingerprint density at radius 1 is 0.875 bits per heavy atom. The molecule has 1 aliphatic rings. The summed E-state index contributed by atoms with van der Waals surface area (Å²) < 4.78 is 5.70. The number of aryl methyl sites for hydroxylation is 1. The van der Waals surface area contributed by atoms with Gasteiger partial charge in [0, 0.05) is 11.8 Å². The van der Waals surface area contributed by atoms with Gasteiger partial charge in [0.25, 0.3) is 0 Å². The van der Waals surface area contributed by atoms with Crippen LogP contribution in [0, 0.1) is 11.8 Å². The molecule has 3 heteroatoms. The summed E-state index contributed by atoms with van der Waals surface area (Å²) in [6.07, 6.45) is 17.7. The second-order valence-corrected chi connectivity index (χ2v) is 9.52. The monoisotopic (exact) mass is 435 g/mol. The number of pyridine rings is 1. The zero-order valence-corrected chi connectivity index (χ0v) is 20.2. The van der Waals surface area contributed by atoms with Gasteiger partial charge in [-0.05, 0) is 80.3 Å². The molecular formula is C29H41NO2. The van der Waals surface area contributed by atoms with Crippen molar-refractivity contribution in [2.45, 2.75) is 97.3 Å². The maximum Gasteiger partial charge on any atom is 0.314 e. The van der Waals surface area contributed by atoms with Gasteiger partial charge < -0.3 is 4.74 Å². The summed E-state index contributed by atoms with van der Waals surface area (Å²) in [6, 6.07) is 12.1. The van der Waals surface area contributed by atoms with Gasteiger partial charge in [-0.3, -0.25) is 9.78 Å². The maximum atomic E-state index is 12.6. The summed E-state index contributed by atoms with van der Waals surface area (Å²) in [5.41, 5.74) is 3.31. The van der Waals surface area contributed by atoms with Crippen LogP contribution in [-0.2, 0) is 11.2 Å². The number of carbonyl (C=O) groups is 1. The first kappa shape index (κ1) is 24.5. The van der Waals surface area contributed by atoms with Crippen molar-refractivity contribution in [3.8, 4) is 17.0 Å². The quantitative estimate of drug-likeness (QED) is 0.192. The van der Waals surface area contributed by atoms with E-state index in [1.54, 1.807) is 0 Å². The molecular weight excluding hydrogens is 394 g/mol. The minimum absolute atomic E-state index is 0.0589. The predicted octanol–water partition coefficient (Wildman–Crippen LogP) is 8.16. The van der Waals surface area contributed by atoms with E-state index in [0.29, 0.717) is 5.75 Å². The number of hydrogen-bond acceptors (Lipinski definition) is 3. The summed E-state index contributed by atoms with van der Waals surface area (Å²) in [6.45, 7) is 4.49. The molecule has 1 aromatic carbocycles. The molecule has 1 aromatic heterocycles. The average Bonchev–Trinajstić information content (AvgIpc) is 2.83. The fourth-order valence-electron chi connectivity index (χ4n) is 4.76. The topological polar surface area (TPSA) is 39.2 Å². The van der Waals surface area contributed by atoms with Gasteiger partial charge in [0.15, 0.2) is 0 Å². The molecule has 2 aromatic rings. The van der Waals surface area contributed by atoms with Crippen molar-refractivity contribution >= 4 is 5.97 Å². The number of unbranched alkanes of at least 4 members (excludes halogenated alkanes) is 5. The van der Waals surface area contributed by atoms with Crippen LogP contribution in [0.15, 0.2) is 42.6 Å². The Morgan fingerprint density at radius 3 is 2.25 bits per heavy atom. The number of benzene rings is 1. The summed E-state index contributed by atoms with van der Waals surface area (Å²) in [4.78, 5) is 17.3. The van der Waals surface area contributed by atoms with Crippen molar-refractivity contribution in [2.75, 3.05) is 0 Å². The van der Waals surface area contributed by atoms with Crippen LogP contribution in [0.2, 0.25) is 0 Å². The van der Waals surface area contributed by atoms with Gasteiger partial charge in [0.05, 0.1) is 11.6 Å². The van der Waals surface area contributed by atoms with E-state index in [2.05, 4.69) is 31.0 Å². The largest absolute Gasteiger partial charge is 0.426 e. The first-order chi connectivity index (χ1) is 15.7. The van der Waals surface area contributed by atoms with Crippen molar-refractivity contribution in [3.05, 3.63) is 48.2 Å². The number of nitrogens with zero attached hydrogens (tertiary/aromatic N) is 1.